The summed E-state index contributed by atoms with van der Waals surface area (Å²) in [6.07, 6.45) is 1.03. The second-order valence-electron chi connectivity index (χ2n) is 6.75. The second-order valence-corrected chi connectivity index (χ2v) is 7.16. The summed E-state index contributed by atoms with van der Waals surface area (Å²) in [4.78, 5) is 12.5. The fourth-order valence-corrected chi connectivity index (χ4v) is 3.24. The highest BCUT2D eigenvalue weighted by molar-refractivity contribution is 7.80. The molecule has 0 aliphatic rings. The first-order chi connectivity index (χ1) is 13.6. The highest BCUT2D eigenvalue weighted by Crippen LogP contribution is 2.26. The van der Waals surface area contributed by atoms with Gasteiger partial charge in [0.05, 0.1) is 0 Å². The van der Waals surface area contributed by atoms with E-state index in [1.54, 1.807) is 0 Å². The van der Waals surface area contributed by atoms with E-state index in [4.69, 9.17) is 12.2 Å². The minimum absolute atomic E-state index is 0.224. The van der Waals surface area contributed by atoms with Gasteiger partial charge < -0.3 is 5.32 Å². The Bertz CT molecular complexity index is 952. The van der Waals surface area contributed by atoms with Gasteiger partial charge in [-0.1, -0.05) is 74.5 Å². The van der Waals surface area contributed by atoms with Crippen molar-refractivity contribution < 1.29 is 4.79 Å². The Morgan fingerprint density at radius 2 is 1.50 bits per heavy atom. The molecular weight excluding hydrogens is 364 g/mol. The van der Waals surface area contributed by atoms with E-state index in [9.17, 15) is 4.79 Å². The number of hydrogen-bond donors (Lipinski definition) is 2. The number of amides is 1. The maximum absolute atomic E-state index is 12.5. The fourth-order valence-electron chi connectivity index (χ4n) is 3.03. The van der Waals surface area contributed by atoms with Crippen molar-refractivity contribution in [2.75, 3.05) is 5.32 Å². The third-order valence-corrected chi connectivity index (χ3v) is 5.04. The first kappa shape index (κ1) is 19.8. The van der Waals surface area contributed by atoms with Crippen LogP contribution in [0, 0.1) is 0 Å². The monoisotopic (exact) mass is 388 g/mol. The third-order valence-electron chi connectivity index (χ3n) is 4.83. The zero-order valence-corrected chi connectivity index (χ0v) is 16.9. The Balaban J connectivity index is 1.66. The van der Waals surface area contributed by atoms with Gasteiger partial charge in [-0.2, -0.15) is 0 Å². The van der Waals surface area contributed by atoms with E-state index in [0.29, 0.717) is 16.6 Å². The molecule has 3 aromatic carbocycles. The normalized spacial score (nSPS) is 11.5. The molecule has 0 aromatic heterocycles. The lowest BCUT2D eigenvalue weighted by atomic mass is 9.97. The standard InChI is InChI=1S/C24H24N2OS/c1-3-17(2)21-11-7-8-12-22(21)25-24(28)26-23(27)20-15-13-19(14-16-20)18-9-5-4-6-10-18/h4-17H,3H2,1-2H3,(H2,25,26,27,28)/t17-/m1/s1. The summed E-state index contributed by atoms with van der Waals surface area (Å²) in [5.74, 6) is 0.186. The minimum Gasteiger partial charge on any atom is -0.332 e. The number of carbonyl (C=O) groups is 1. The molecule has 0 unspecified atom stereocenters. The van der Waals surface area contributed by atoms with Crippen LogP contribution in [0.5, 0.6) is 0 Å². The quantitative estimate of drug-likeness (QED) is 0.527. The van der Waals surface area contributed by atoms with Crippen LogP contribution in [0.4, 0.5) is 5.69 Å². The molecule has 0 fully saturated rings. The highest BCUT2D eigenvalue weighted by Gasteiger charge is 2.12. The van der Waals surface area contributed by atoms with Crippen molar-refractivity contribution in [3.63, 3.8) is 0 Å². The lowest BCUT2D eigenvalue weighted by Gasteiger charge is -2.17. The van der Waals surface area contributed by atoms with Crippen LogP contribution in [-0.4, -0.2) is 11.0 Å². The average molecular weight is 389 g/mol. The Kier molecular flexibility index (Phi) is 6.56. The zero-order chi connectivity index (χ0) is 19.9. The van der Waals surface area contributed by atoms with Gasteiger partial charge in [0.25, 0.3) is 5.91 Å². The van der Waals surface area contributed by atoms with Crippen LogP contribution in [0.3, 0.4) is 0 Å². The zero-order valence-electron chi connectivity index (χ0n) is 16.1. The van der Waals surface area contributed by atoms with Crippen molar-refractivity contribution in [2.24, 2.45) is 0 Å². The Morgan fingerprint density at radius 3 is 2.18 bits per heavy atom. The molecule has 3 rings (SSSR count). The van der Waals surface area contributed by atoms with Gasteiger partial charge in [0.2, 0.25) is 0 Å². The first-order valence-electron chi connectivity index (χ1n) is 9.45. The summed E-state index contributed by atoms with van der Waals surface area (Å²) in [5, 5.41) is 6.23. The van der Waals surface area contributed by atoms with Gasteiger partial charge in [-0.25, -0.2) is 0 Å². The van der Waals surface area contributed by atoms with Gasteiger partial charge in [-0.05, 0) is 59.4 Å². The topological polar surface area (TPSA) is 41.1 Å². The molecule has 4 heteroatoms. The molecule has 1 amide bonds. The molecule has 0 heterocycles. The van der Waals surface area contributed by atoms with E-state index < -0.39 is 0 Å². The summed E-state index contributed by atoms with van der Waals surface area (Å²) in [6.45, 7) is 4.33. The van der Waals surface area contributed by atoms with Gasteiger partial charge in [0, 0.05) is 11.3 Å². The lowest BCUT2D eigenvalue weighted by Crippen LogP contribution is -2.34. The Hall–Kier alpha value is -2.98. The molecule has 1 atom stereocenters. The lowest BCUT2D eigenvalue weighted by molar-refractivity contribution is 0.0978. The maximum Gasteiger partial charge on any atom is 0.257 e. The number of anilines is 1. The fraction of sp³-hybridized carbons (Fsp3) is 0.167. The van der Waals surface area contributed by atoms with Crippen LogP contribution < -0.4 is 10.6 Å². The van der Waals surface area contributed by atoms with Crippen LogP contribution >= 0.6 is 12.2 Å². The third kappa shape index (κ3) is 4.84. The average Bonchev–Trinajstić information content (AvgIpc) is 2.74. The van der Waals surface area contributed by atoms with Gasteiger partial charge in [0.1, 0.15) is 0 Å². The Labute approximate surface area is 171 Å². The molecule has 0 spiro atoms. The van der Waals surface area contributed by atoms with Crippen molar-refractivity contribution in [3.8, 4) is 11.1 Å². The Morgan fingerprint density at radius 1 is 0.893 bits per heavy atom. The van der Waals surface area contributed by atoms with Gasteiger partial charge in [-0.15, -0.1) is 0 Å². The van der Waals surface area contributed by atoms with E-state index in [1.165, 1.54) is 5.56 Å². The number of carbonyl (C=O) groups excluding carboxylic acids is 1. The molecule has 2 N–H and O–H groups in total. The van der Waals surface area contributed by atoms with Crippen LogP contribution in [0.1, 0.15) is 42.1 Å². The first-order valence-corrected chi connectivity index (χ1v) is 9.86. The van der Waals surface area contributed by atoms with Crippen molar-refractivity contribution >= 4 is 28.9 Å². The highest BCUT2D eigenvalue weighted by atomic mass is 32.1. The molecular formula is C24H24N2OS. The van der Waals surface area contributed by atoms with E-state index >= 15 is 0 Å². The second kappa shape index (κ2) is 9.29. The predicted molar refractivity (Wildman–Crippen MR) is 121 cm³/mol. The van der Waals surface area contributed by atoms with Crippen molar-refractivity contribution in [3.05, 3.63) is 90.0 Å². The van der Waals surface area contributed by atoms with E-state index in [0.717, 1.165) is 23.2 Å². The number of nitrogens with one attached hydrogen (secondary N) is 2. The van der Waals surface area contributed by atoms with Crippen LogP contribution in [0.15, 0.2) is 78.9 Å². The smallest absolute Gasteiger partial charge is 0.257 e. The number of rotatable bonds is 5. The molecule has 0 radical (unpaired) electrons. The molecule has 0 saturated heterocycles. The number of thiocarbonyl (C=S) groups is 1. The summed E-state index contributed by atoms with van der Waals surface area (Å²) in [5.41, 5.74) is 4.88. The SMILES string of the molecule is CC[C@@H](C)c1ccccc1NC(=S)NC(=O)c1ccc(-c2ccccc2)cc1. The molecule has 0 aliphatic heterocycles. The van der Waals surface area contributed by atoms with Gasteiger partial charge in [0.15, 0.2) is 5.11 Å². The van der Waals surface area contributed by atoms with E-state index in [-0.39, 0.29) is 5.91 Å². The van der Waals surface area contributed by atoms with Crippen LogP contribution in [0.25, 0.3) is 11.1 Å². The number of benzene rings is 3. The number of hydrogen-bond acceptors (Lipinski definition) is 2. The van der Waals surface area contributed by atoms with Crippen LogP contribution in [0.2, 0.25) is 0 Å². The van der Waals surface area contributed by atoms with Crippen molar-refractivity contribution in [1.82, 2.24) is 5.32 Å². The molecule has 3 aromatic rings. The van der Waals surface area contributed by atoms with Crippen molar-refractivity contribution in [1.29, 1.82) is 0 Å². The summed E-state index contributed by atoms with van der Waals surface area (Å²) < 4.78 is 0. The van der Waals surface area contributed by atoms with E-state index in [2.05, 4.69) is 30.5 Å². The summed E-state index contributed by atoms with van der Waals surface area (Å²) in [6, 6.07) is 25.6. The van der Waals surface area contributed by atoms with E-state index in [1.807, 2.05) is 72.8 Å². The molecule has 28 heavy (non-hydrogen) atoms. The van der Waals surface area contributed by atoms with Gasteiger partial charge >= 0.3 is 0 Å². The molecule has 3 nitrogen and oxygen atoms in total. The summed E-state index contributed by atoms with van der Waals surface area (Å²) >= 11 is 5.35. The predicted octanol–water partition coefficient (Wildman–Crippen LogP) is 5.99. The summed E-state index contributed by atoms with van der Waals surface area (Å²) in [7, 11) is 0. The van der Waals surface area contributed by atoms with Crippen molar-refractivity contribution in [2.45, 2.75) is 26.2 Å². The minimum atomic E-state index is -0.224. The number of para-hydroxylation sites is 1. The molecule has 0 saturated carbocycles. The molecule has 0 aliphatic carbocycles. The molecule has 142 valence electrons. The van der Waals surface area contributed by atoms with Gasteiger partial charge in [-0.3, -0.25) is 10.1 Å². The maximum atomic E-state index is 12.5. The molecule has 0 bridgehead atoms. The largest absolute Gasteiger partial charge is 0.332 e. The van der Waals surface area contributed by atoms with Crippen LogP contribution in [-0.2, 0) is 0 Å².